The maximum Gasteiger partial charge on any atom is 0.158 e. The van der Waals surface area contributed by atoms with Gasteiger partial charge in [0, 0.05) is 23.7 Å². The van der Waals surface area contributed by atoms with Gasteiger partial charge in [-0.1, -0.05) is 55.8 Å². The fourth-order valence-corrected chi connectivity index (χ4v) is 3.73. The highest BCUT2D eigenvalue weighted by Gasteiger charge is 2.28. The molecule has 1 atom stereocenters. The number of carbonyl (C=O) groups is 1. The normalized spacial score (nSPS) is 16.3. The smallest absolute Gasteiger partial charge is 0.158 e. The van der Waals surface area contributed by atoms with E-state index in [-0.39, 0.29) is 11.7 Å². The quantitative estimate of drug-likeness (QED) is 0.667. The second-order valence-electron chi connectivity index (χ2n) is 7.19. The minimum atomic E-state index is -0.0189. The summed E-state index contributed by atoms with van der Waals surface area (Å²) in [6, 6.07) is 20.1. The predicted octanol–water partition coefficient (Wildman–Crippen LogP) is 5.36. The number of hydrogen-bond acceptors (Lipinski definition) is 3. The molecule has 1 aliphatic rings. The Morgan fingerprint density at radius 1 is 1.14 bits per heavy atom. The van der Waals surface area contributed by atoms with E-state index in [1.54, 1.807) is 6.92 Å². The lowest BCUT2D eigenvalue weighted by Crippen LogP contribution is -2.24. The average Bonchev–Trinajstić information content (AvgIpc) is 2.74. The number of hydrogen-bond donors (Lipinski definition) is 1. The maximum atomic E-state index is 12.6. The Kier molecular flexibility index (Phi) is 6.45. The minimum absolute atomic E-state index is 0.0189. The molecule has 1 unspecified atom stereocenters. The van der Waals surface area contributed by atoms with Gasteiger partial charge in [-0.25, -0.2) is 0 Å². The lowest BCUT2D eigenvalue weighted by molar-refractivity contribution is -0.113. The summed E-state index contributed by atoms with van der Waals surface area (Å²) in [7, 11) is 0. The summed E-state index contributed by atoms with van der Waals surface area (Å²) in [6.45, 7) is 4.66. The molecule has 2 aromatic carbocycles. The highest BCUT2D eigenvalue weighted by molar-refractivity contribution is 5.98. The first kappa shape index (κ1) is 19.6. The van der Waals surface area contributed by atoms with Crippen molar-refractivity contribution >= 4 is 11.4 Å². The van der Waals surface area contributed by atoms with Crippen molar-refractivity contribution in [1.82, 2.24) is 5.32 Å². The number of benzene rings is 2. The molecule has 0 fully saturated rings. The third-order valence-corrected chi connectivity index (χ3v) is 5.19. The Hall–Kier alpha value is -3.12. The van der Waals surface area contributed by atoms with Crippen LogP contribution in [0.4, 0.5) is 0 Å². The van der Waals surface area contributed by atoms with Crippen molar-refractivity contribution in [3.63, 3.8) is 0 Å². The lowest BCUT2D eigenvalue weighted by Gasteiger charge is -2.29. The molecule has 0 heterocycles. The number of nitrogens with one attached hydrogen (secondary N) is 1. The second-order valence-corrected chi connectivity index (χ2v) is 7.19. The SMILES string of the molecule is CCCCNC1=C(C(C)=O)C(c2ccc(C#N)cc2)CC(c2ccccc2)=C1. The van der Waals surface area contributed by atoms with Gasteiger partial charge in [0.2, 0.25) is 0 Å². The molecule has 0 radical (unpaired) electrons. The monoisotopic (exact) mass is 370 g/mol. The van der Waals surface area contributed by atoms with Gasteiger partial charge in [0.05, 0.1) is 11.6 Å². The molecule has 1 aliphatic carbocycles. The van der Waals surface area contributed by atoms with Gasteiger partial charge in [-0.05, 0) is 54.7 Å². The zero-order chi connectivity index (χ0) is 19.9. The number of allylic oxidation sites excluding steroid dienone is 3. The number of nitriles is 1. The van der Waals surface area contributed by atoms with Crippen LogP contribution in [0.2, 0.25) is 0 Å². The lowest BCUT2D eigenvalue weighted by atomic mass is 9.77. The summed E-state index contributed by atoms with van der Waals surface area (Å²) >= 11 is 0. The molecular formula is C25H26N2O. The zero-order valence-electron chi connectivity index (χ0n) is 16.5. The second kappa shape index (κ2) is 9.19. The first-order valence-corrected chi connectivity index (χ1v) is 9.89. The third-order valence-electron chi connectivity index (χ3n) is 5.19. The van der Waals surface area contributed by atoms with Crippen molar-refractivity contribution in [2.24, 2.45) is 0 Å². The summed E-state index contributed by atoms with van der Waals surface area (Å²) in [5.74, 6) is 0.0753. The first-order chi connectivity index (χ1) is 13.6. The van der Waals surface area contributed by atoms with Crippen LogP contribution in [0.3, 0.4) is 0 Å². The fourth-order valence-electron chi connectivity index (χ4n) is 3.73. The Morgan fingerprint density at radius 3 is 2.46 bits per heavy atom. The fraction of sp³-hybridized carbons (Fsp3) is 0.280. The Bertz CT molecular complexity index is 931. The van der Waals surface area contributed by atoms with Crippen molar-refractivity contribution in [2.75, 3.05) is 6.54 Å². The molecule has 0 spiro atoms. The van der Waals surface area contributed by atoms with E-state index in [1.165, 1.54) is 11.1 Å². The van der Waals surface area contributed by atoms with Crippen molar-refractivity contribution in [2.45, 2.75) is 39.0 Å². The van der Waals surface area contributed by atoms with Gasteiger partial charge in [-0.15, -0.1) is 0 Å². The Labute approximate surface area is 167 Å². The summed E-state index contributed by atoms with van der Waals surface area (Å²) in [5.41, 5.74) is 5.87. The topological polar surface area (TPSA) is 52.9 Å². The van der Waals surface area contributed by atoms with E-state index in [9.17, 15) is 4.79 Å². The molecule has 3 rings (SSSR count). The largest absolute Gasteiger partial charge is 0.385 e. The molecule has 3 heteroatoms. The van der Waals surface area contributed by atoms with E-state index in [4.69, 9.17) is 5.26 Å². The van der Waals surface area contributed by atoms with Gasteiger partial charge >= 0.3 is 0 Å². The van der Waals surface area contributed by atoms with Gasteiger partial charge in [0.25, 0.3) is 0 Å². The van der Waals surface area contributed by atoms with Crippen LogP contribution in [0.15, 0.2) is 71.9 Å². The highest BCUT2D eigenvalue weighted by atomic mass is 16.1. The molecule has 1 N–H and O–H groups in total. The van der Waals surface area contributed by atoms with Crippen LogP contribution < -0.4 is 5.32 Å². The predicted molar refractivity (Wildman–Crippen MR) is 114 cm³/mol. The number of nitrogens with zero attached hydrogens (tertiary/aromatic N) is 1. The number of ketones is 1. The molecule has 0 aliphatic heterocycles. The first-order valence-electron chi connectivity index (χ1n) is 9.89. The third kappa shape index (κ3) is 4.40. The molecule has 0 aromatic heterocycles. The van der Waals surface area contributed by atoms with Crippen LogP contribution in [0, 0.1) is 11.3 Å². The van der Waals surface area contributed by atoms with Crippen molar-refractivity contribution in [3.8, 4) is 6.07 Å². The molecular weight excluding hydrogens is 344 g/mol. The van der Waals surface area contributed by atoms with E-state index in [1.807, 2.05) is 42.5 Å². The van der Waals surface area contributed by atoms with E-state index >= 15 is 0 Å². The van der Waals surface area contributed by atoms with Crippen LogP contribution in [-0.2, 0) is 4.79 Å². The number of rotatable bonds is 7. The maximum absolute atomic E-state index is 12.6. The standard InChI is InChI=1S/C25H26N2O/c1-3-4-14-27-24-16-22(20-8-6-5-7-9-20)15-23(25(24)18(2)28)21-12-10-19(17-26)11-13-21/h5-13,16,23,27H,3-4,14-15H2,1-2H3. The van der Waals surface area contributed by atoms with E-state index in [2.05, 4.69) is 36.5 Å². The number of Topliss-reactive ketones (excluding diaryl/α,β-unsaturated/α-hetero) is 1. The Morgan fingerprint density at radius 2 is 1.86 bits per heavy atom. The molecule has 0 amide bonds. The van der Waals surface area contributed by atoms with Crippen LogP contribution >= 0.6 is 0 Å². The van der Waals surface area contributed by atoms with Gasteiger partial charge in [-0.2, -0.15) is 5.26 Å². The van der Waals surface area contributed by atoms with Gasteiger partial charge in [0.1, 0.15) is 0 Å². The van der Waals surface area contributed by atoms with Crippen LogP contribution in [-0.4, -0.2) is 12.3 Å². The molecule has 0 saturated carbocycles. The molecule has 142 valence electrons. The average molecular weight is 370 g/mol. The Balaban J connectivity index is 2.07. The molecule has 3 nitrogen and oxygen atoms in total. The summed E-state index contributed by atoms with van der Waals surface area (Å²) in [6.07, 6.45) is 5.07. The van der Waals surface area contributed by atoms with Crippen LogP contribution in [0.5, 0.6) is 0 Å². The summed E-state index contributed by atoms with van der Waals surface area (Å²) < 4.78 is 0. The van der Waals surface area contributed by atoms with Gasteiger partial charge < -0.3 is 5.32 Å². The van der Waals surface area contributed by atoms with Crippen molar-refractivity contribution in [1.29, 1.82) is 5.26 Å². The molecule has 0 saturated heterocycles. The van der Waals surface area contributed by atoms with Gasteiger partial charge in [0.15, 0.2) is 5.78 Å². The molecule has 2 aromatic rings. The minimum Gasteiger partial charge on any atom is -0.385 e. The van der Waals surface area contributed by atoms with Crippen molar-refractivity contribution in [3.05, 3.63) is 88.6 Å². The highest BCUT2D eigenvalue weighted by Crippen LogP contribution is 2.40. The molecule has 28 heavy (non-hydrogen) atoms. The van der Waals surface area contributed by atoms with Crippen molar-refractivity contribution < 1.29 is 4.79 Å². The van der Waals surface area contributed by atoms with Crippen LogP contribution in [0.1, 0.15) is 55.7 Å². The van der Waals surface area contributed by atoms with E-state index in [0.29, 0.717) is 5.56 Å². The summed E-state index contributed by atoms with van der Waals surface area (Å²) in [4.78, 5) is 12.6. The number of unbranched alkanes of at least 4 members (excludes halogenated alkanes) is 1. The number of carbonyl (C=O) groups excluding carboxylic acids is 1. The van der Waals surface area contributed by atoms with Crippen LogP contribution in [0.25, 0.3) is 5.57 Å². The summed E-state index contributed by atoms with van der Waals surface area (Å²) in [5, 5.41) is 12.6. The zero-order valence-corrected chi connectivity index (χ0v) is 16.5. The van der Waals surface area contributed by atoms with E-state index in [0.717, 1.165) is 42.6 Å². The van der Waals surface area contributed by atoms with E-state index < -0.39 is 0 Å². The van der Waals surface area contributed by atoms with Gasteiger partial charge in [-0.3, -0.25) is 4.79 Å². The molecule has 0 bridgehead atoms.